The summed E-state index contributed by atoms with van der Waals surface area (Å²) in [5.41, 5.74) is 6.42. The van der Waals surface area contributed by atoms with Crippen LogP contribution in [0.2, 0.25) is 0 Å². The average molecular weight is 279 g/mol. The predicted octanol–water partition coefficient (Wildman–Crippen LogP) is 1.97. The van der Waals surface area contributed by atoms with Crippen molar-refractivity contribution in [2.24, 2.45) is 0 Å². The minimum atomic E-state index is 0.692. The third-order valence-corrected chi connectivity index (χ3v) is 3.64. The van der Waals surface area contributed by atoms with Gasteiger partial charge < -0.3 is 10.5 Å². The highest BCUT2D eigenvalue weighted by atomic mass is 32.2. The number of tetrazole rings is 1. The van der Waals surface area contributed by atoms with E-state index in [1.807, 2.05) is 22.9 Å². The van der Waals surface area contributed by atoms with E-state index in [1.54, 1.807) is 18.9 Å². The molecule has 0 aliphatic heterocycles. The molecule has 1 heterocycles. The molecule has 2 N–H and O–H groups in total. The molecule has 0 spiro atoms. The van der Waals surface area contributed by atoms with Gasteiger partial charge in [0, 0.05) is 23.2 Å². The van der Waals surface area contributed by atoms with Gasteiger partial charge in [0.1, 0.15) is 5.75 Å². The first-order valence-electron chi connectivity index (χ1n) is 6.06. The Hall–Kier alpha value is -1.76. The molecule has 0 bridgehead atoms. The zero-order valence-electron chi connectivity index (χ0n) is 11.0. The first-order chi connectivity index (χ1) is 9.24. The summed E-state index contributed by atoms with van der Waals surface area (Å²) in [6.45, 7) is 2.93. The van der Waals surface area contributed by atoms with E-state index in [9.17, 15) is 0 Å². The number of rotatable bonds is 6. The topological polar surface area (TPSA) is 78.9 Å². The van der Waals surface area contributed by atoms with Gasteiger partial charge in [0.25, 0.3) is 0 Å². The predicted molar refractivity (Wildman–Crippen MR) is 75.1 cm³/mol. The molecule has 0 aliphatic rings. The summed E-state index contributed by atoms with van der Waals surface area (Å²) in [4.78, 5) is 1.03. The number of aryl methyl sites for hydroxylation is 1. The molecule has 7 heteroatoms. The van der Waals surface area contributed by atoms with Crippen molar-refractivity contribution in [1.29, 1.82) is 0 Å². The molecular weight excluding hydrogens is 262 g/mol. The van der Waals surface area contributed by atoms with Crippen LogP contribution < -0.4 is 10.5 Å². The Bertz CT molecular complexity index is 543. The largest absolute Gasteiger partial charge is 0.496 e. The number of nitrogens with zero attached hydrogens (tertiary/aromatic N) is 4. The van der Waals surface area contributed by atoms with Crippen molar-refractivity contribution >= 4 is 17.4 Å². The molecule has 2 aromatic rings. The second-order valence-electron chi connectivity index (χ2n) is 4.02. The quantitative estimate of drug-likeness (QED) is 0.643. The van der Waals surface area contributed by atoms with Crippen LogP contribution in [0.5, 0.6) is 5.75 Å². The van der Waals surface area contributed by atoms with E-state index in [4.69, 9.17) is 10.5 Å². The van der Waals surface area contributed by atoms with Crippen LogP contribution in [0, 0.1) is 0 Å². The maximum Gasteiger partial charge on any atom is 0.161 e. The Morgan fingerprint density at radius 2 is 2.26 bits per heavy atom. The highest BCUT2D eigenvalue weighted by molar-refractivity contribution is 7.98. The SMILES string of the molecule is CCCn1nnnc1CSc1ccc(N)cc1OC. The minimum Gasteiger partial charge on any atom is -0.496 e. The highest BCUT2D eigenvalue weighted by Gasteiger charge is 2.09. The normalized spacial score (nSPS) is 10.6. The number of hydrogen-bond acceptors (Lipinski definition) is 6. The molecule has 6 nitrogen and oxygen atoms in total. The summed E-state index contributed by atoms with van der Waals surface area (Å²) >= 11 is 1.63. The van der Waals surface area contributed by atoms with Crippen molar-refractivity contribution < 1.29 is 4.74 Å². The molecule has 0 radical (unpaired) electrons. The van der Waals surface area contributed by atoms with E-state index in [1.165, 1.54) is 0 Å². The lowest BCUT2D eigenvalue weighted by Crippen LogP contribution is -2.04. The summed E-state index contributed by atoms with van der Waals surface area (Å²) in [6, 6.07) is 5.63. The van der Waals surface area contributed by atoms with E-state index in [-0.39, 0.29) is 0 Å². The van der Waals surface area contributed by atoms with Crippen molar-refractivity contribution in [3.8, 4) is 5.75 Å². The van der Waals surface area contributed by atoms with Crippen LogP contribution in [0.15, 0.2) is 23.1 Å². The Kier molecular flexibility index (Phi) is 4.62. The average Bonchev–Trinajstić information content (AvgIpc) is 2.85. The van der Waals surface area contributed by atoms with Crippen molar-refractivity contribution in [2.75, 3.05) is 12.8 Å². The fourth-order valence-electron chi connectivity index (χ4n) is 1.66. The van der Waals surface area contributed by atoms with Crippen LogP contribution in [0.4, 0.5) is 5.69 Å². The van der Waals surface area contributed by atoms with Gasteiger partial charge in [-0.1, -0.05) is 6.92 Å². The Morgan fingerprint density at radius 1 is 1.42 bits per heavy atom. The molecule has 19 heavy (non-hydrogen) atoms. The number of hydrogen-bond donors (Lipinski definition) is 1. The van der Waals surface area contributed by atoms with Gasteiger partial charge in [-0.15, -0.1) is 16.9 Å². The van der Waals surface area contributed by atoms with E-state index in [2.05, 4.69) is 22.4 Å². The fraction of sp³-hybridized carbons (Fsp3) is 0.417. The molecule has 0 atom stereocenters. The lowest BCUT2D eigenvalue weighted by atomic mass is 10.3. The molecule has 102 valence electrons. The number of nitrogen functional groups attached to an aromatic ring is 1. The summed E-state index contributed by atoms with van der Waals surface area (Å²) in [5, 5.41) is 11.7. The lowest BCUT2D eigenvalue weighted by Gasteiger charge is -2.08. The van der Waals surface area contributed by atoms with Crippen molar-refractivity contribution in [3.05, 3.63) is 24.0 Å². The molecule has 1 aromatic heterocycles. The maximum atomic E-state index is 5.73. The zero-order valence-corrected chi connectivity index (χ0v) is 11.9. The first kappa shape index (κ1) is 13.7. The summed E-state index contributed by atoms with van der Waals surface area (Å²) in [7, 11) is 1.64. The molecule has 0 aliphatic carbocycles. The smallest absolute Gasteiger partial charge is 0.161 e. The van der Waals surface area contributed by atoms with Gasteiger partial charge in [-0.25, -0.2) is 4.68 Å². The van der Waals surface area contributed by atoms with Gasteiger partial charge in [-0.2, -0.15) is 0 Å². The number of anilines is 1. The van der Waals surface area contributed by atoms with Gasteiger partial charge in [0.05, 0.1) is 12.9 Å². The standard InChI is InChI=1S/C12H17N5OS/c1-3-6-17-12(14-15-16-17)8-19-11-5-4-9(13)7-10(11)18-2/h4-5,7H,3,6,8,13H2,1-2H3. The molecule has 2 rings (SSSR count). The maximum absolute atomic E-state index is 5.73. The first-order valence-corrected chi connectivity index (χ1v) is 7.04. The molecular formula is C12H17N5OS. The molecule has 1 aromatic carbocycles. The molecule has 0 saturated carbocycles. The number of thioether (sulfide) groups is 1. The summed E-state index contributed by atoms with van der Waals surface area (Å²) in [6.07, 6.45) is 1.01. The number of ether oxygens (including phenoxy) is 1. The number of benzene rings is 1. The van der Waals surface area contributed by atoms with Gasteiger partial charge in [-0.05, 0) is 29.0 Å². The van der Waals surface area contributed by atoms with Crippen LogP contribution in [0.3, 0.4) is 0 Å². The van der Waals surface area contributed by atoms with E-state index in [0.29, 0.717) is 11.4 Å². The van der Waals surface area contributed by atoms with Crippen molar-refractivity contribution in [3.63, 3.8) is 0 Å². The van der Waals surface area contributed by atoms with Crippen molar-refractivity contribution in [1.82, 2.24) is 20.2 Å². The van der Waals surface area contributed by atoms with E-state index >= 15 is 0 Å². The van der Waals surface area contributed by atoms with Crippen molar-refractivity contribution in [2.45, 2.75) is 30.5 Å². The van der Waals surface area contributed by atoms with E-state index < -0.39 is 0 Å². The van der Waals surface area contributed by atoms with Crippen LogP contribution >= 0.6 is 11.8 Å². The Morgan fingerprint density at radius 3 is 3.00 bits per heavy atom. The fourth-order valence-corrected chi connectivity index (χ4v) is 2.60. The molecule has 0 amide bonds. The number of aromatic nitrogens is 4. The Labute approximate surface area is 116 Å². The monoisotopic (exact) mass is 279 g/mol. The molecule has 0 unspecified atom stereocenters. The van der Waals surface area contributed by atoms with Crippen LogP contribution in [-0.2, 0) is 12.3 Å². The summed E-state index contributed by atoms with van der Waals surface area (Å²) < 4.78 is 7.14. The lowest BCUT2D eigenvalue weighted by molar-refractivity contribution is 0.405. The Balaban J connectivity index is 2.07. The van der Waals surface area contributed by atoms with Crippen LogP contribution in [0.25, 0.3) is 0 Å². The van der Waals surface area contributed by atoms with Gasteiger partial charge in [-0.3, -0.25) is 0 Å². The molecule has 0 fully saturated rings. The highest BCUT2D eigenvalue weighted by Crippen LogP contribution is 2.32. The van der Waals surface area contributed by atoms with Crippen LogP contribution in [-0.4, -0.2) is 27.3 Å². The van der Waals surface area contributed by atoms with Gasteiger partial charge in [0.2, 0.25) is 0 Å². The zero-order chi connectivity index (χ0) is 13.7. The third-order valence-electron chi connectivity index (χ3n) is 2.59. The molecule has 0 saturated heterocycles. The minimum absolute atomic E-state index is 0.692. The van der Waals surface area contributed by atoms with Crippen LogP contribution in [0.1, 0.15) is 19.2 Å². The van der Waals surface area contributed by atoms with Gasteiger partial charge >= 0.3 is 0 Å². The summed E-state index contributed by atoms with van der Waals surface area (Å²) in [5.74, 6) is 2.35. The van der Waals surface area contributed by atoms with E-state index in [0.717, 1.165) is 29.4 Å². The second kappa shape index (κ2) is 6.42. The number of nitrogens with two attached hydrogens (primary N) is 1. The second-order valence-corrected chi connectivity index (χ2v) is 5.03. The third kappa shape index (κ3) is 3.37. The van der Waals surface area contributed by atoms with Gasteiger partial charge in [0.15, 0.2) is 5.82 Å². The number of methoxy groups -OCH3 is 1.